The Bertz CT molecular complexity index is 595. The lowest BCUT2D eigenvalue weighted by atomic mass is 9.78. The molecule has 1 N–H and O–H groups in total. The number of rotatable bonds is 8. The third kappa shape index (κ3) is 6.30. The Morgan fingerprint density at radius 2 is 1.40 bits per heavy atom. The Hall–Kier alpha value is -1.64. The lowest BCUT2D eigenvalue weighted by Crippen LogP contribution is -2.43. The third-order valence-corrected chi connectivity index (χ3v) is 4.62. The van der Waals surface area contributed by atoms with E-state index >= 15 is 0 Å². The summed E-state index contributed by atoms with van der Waals surface area (Å²) < 4.78 is 0. The van der Waals surface area contributed by atoms with Crippen molar-refractivity contribution < 1.29 is 9.59 Å². The van der Waals surface area contributed by atoms with E-state index in [2.05, 4.69) is 57.3 Å². The average Bonchev–Trinajstić information content (AvgIpc) is 2.45. The molecule has 1 aromatic carbocycles. The van der Waals surface area contributed by atoms with Crippen LogP contribution in [0.5, 0.6) is 0 Å². The molecule has 0 fully saturated rings. The van der Waals surface area contributed by atoms with Gasteiger partial charge >= 0.3 is 0 Å². The van der Waals surface area contributed by atoms with Crippen LogP contribution in [0.3, 0.4) is 0 Å². The minimum atomic E-state index is -0.419. The Kier molecular flexibility index (Phi) is 6.99. The molecule has 0 atom stereocenters. The molecule has 1 aromatic rings. The van der Waals surface area contributed by atoms with E-state index in [-0.39, 0.29) is 17.2 Å². The lowest BCUT2D eigenvalue weighted by molar-refractivity contribution is -0.125. The van der Waals surface area contributed by atoms with E-state index in [0.717, 1.165) is 11.1 Å². The molecule has 0 unspecified atom stereocenters. The molecule has 3 heteroatoms. The molecule has 25 heavy (non-hydrogen) atoms. The van der Waals surface area contributed by atoms with E-state index in [1.54, 1.807) is 0 Å². The number of amides is 1. The molecule has 0 saturated heterocycles. The van der Waals surface area contributed by atoms with Gasteiger partial charge in [-0.1, -0.05) is 65.8 Å². The Morgan fingerprint density at radius 3 is 1.84 bits per heavy atom. The lowest BCUT2D eigenvalue weighted by Gasteiger charge is -2.30. The molecule has 0 aliphatic carbocycles. The highest BCUT2D eigenvalue weighted by Crippen LogP contribution is 2.30. The zero-order chi connectivity index (χ0) is 19.4. The van der Waals surface area contributed by atoms with E-state index < -0.39 is 5.54 Å². The Labute approximate surface area is 153 Å². The van der Waals surface area contributed by atoms with Crippen LogP contribution in [0.15, 0.2) is 24.3 Å². The van der Waals surface area contributed by atoms with Gasteiger partial charge in [-0.25, -0.2) is 0 Å². The quantitative estimate of drug-likeness (QED) is 0.722. The van der Waals surface area contributed by atoms with Crippen LogP contribution in [0, 0.1) is 11.8 Å². The van der Waals surface area contributed by atoms with E-state index in [9.17, 15) is 9.59 Å². The van der Waals surface area contributed by atoms with Crippen molar-refractivity contribution in [1.29, 1.82) is 0 Å². The van der Waals surface area contributed by atoms with Gasteiger partial charge in [0.05, 0.1) is 5.54 Å². The van der Waals surface area contributed by atoms with Crippen LogP contribution in [0.4, 0.5) is 0 Å². The minimum absolute atomic E-state index is 0.0375. The SMILES string of the molecule is CC(C)CC(=O)CC(C)(C)c1ccc(C(C)(C)NC(=O)C(C)C)cc1. The Morgan fingerprint density at radius 1 is 0.920 bits per heavy atom. The summed E-state index contributed by atoms with van der Waals surface area (Å²) >= 11 is 0. The molecule has 1 amide bonds. The van der Waals surface area contributed by atoms with Gasteiger partial charge in [-0.05, 0) is 36.3 Å². The smallest absolute Gasteiger partial charge is 0.223 e. The maximum atomic E-state index is 12.2. The second-order valence-electron chi connectivity index (χ2n) is 9.04. The van der Waals surface area contributed by atoms with Gasteiger partial charge in [0.2, 0.25) is 5.91 Å². The van der Waals surface area contributed by atoms with Crippen LogP contribution in [0.2, 0.25) is 0 Å². The van der Waals surface area contributed by atoms with Crippen molar-refractivity contribution in [2.45, 2.75) is 79.2 Å². The van der Waals surface area contributed by atoms with E-state index in [1.165, 1.54) is 0 Å². The van der Waals surface area contributed by atoms with Crippen LogP contribution in [-0.2, 0) is 20.5 Å². The molecule has 0 aromatic heterocycles. The number of benzene rings is 1. The van der Waals surface area contributed by atoms with Crippen LogP contribution in [-0.4, -0.2) is 11.7 Å². The third-order valence-electron chi connectivity index (χ3n) is 4.62. The molecular formula is C22H35NO2. The largest absolute Gasteiger partial charge is 0.347 e. The maximum absolute atomic E-state index is 12.2. The van der Waals surface area contributed by atoms with Crippen molar-refractivity contribution in [2.75, 3.05) is 0 Å². The standard InChI is InChI=1S/C22H35NO2/c1-15(2)13-19(24)14-21(5,6)17-9-11-18(12-10-17)22(7,8)23-20(25)16(3)4/h9-12,15-16H,13-14H2,1-8H3,(H,23,25). The number of hydrogen-bond acceptors (Lipinski definition) is 2. The summed E-state index contributed by atoms with van der Waals surface area (Å²) in [6, 6.07) is 8.29. The predicted molar refractivity (Wildman–Crippen MR) is 105 cm³/mol. The summed E-state index contributed by atoms with van der Waals surface area (Å²) in [4.78, 5) is 24.2. The second-order valence-corrected chi connectivity index (χ2v) is 9.04. The summed E-state index contributed by atoms with van der Waals surface area (Å²) in [5.74, 6) is 0.725. The topological polar surface area (TPSA) is 46.2 Å². The van der Waals surface area contributed by atoms with Gasteiger partial charge in [0.25, 0.3) is 0 Å². The molecule has 1 rings (SSSR count). The average molecular weight is 346 g/mol. The van der Waals surface area contributed by atoms with Gasteiger partial charge in [-0.3, -0.25) is 9.59 Å². The minimum Gasteiger partial charge on any atom is -0.347 e. The van der Waals surface area contributed by atoms with Crippen LogP contribution >= 0.6 is 0 Å². The molecule has 0 aliphatic heterocycles. The molecule has 0 radical (unpaired) electrons. The van der Waals surface area contributed by atoms with Crippen molar-refractivity contribution >= 4 is 11.7 Å². The van der Waals surface area contributed by atoms with Crippen molar-refractivity contribution in [3.63, 3.8) is 0 Å². The van der Waals surface area contributed by atoms with Crippen molar-refractivity contribution in [1.82, 2.24) is 5.32 Å². The first-order valence-electron chi connectivity index (χ1n) is 9.30. The van der Waals surface area contributed by atoms with Crippen LogP contribution in [0.1, 0.15) is 79.4 Å². The first-order chi connectivity index (χ1) is 11.3. The van der Waals surface area contributed by atoms with Gasteiger partial charge in [0.1, 0.15) is 5.78 Å². The first kappa shape index (κ1) is 21.4. The summed E-state index contributed by atoms with van der Waals surface area (Å²) in [7, 11) is 0. The fourth-order valence-corrected chi connectivity index (χ4v) is 2.99. The van der Waals surface area contributed by atoms with Gasteiger partial charge in [-0.2, -0.15) is 0 Å². The van der Waals surface area contributed by atoms with E-state index in [4.69, 9.17) is 0 Å². The fourth-order valence-electron chi connectivity index (χ4n) is 2.99. The summed E-state index contributed by atoms with van der Waals surface area (Å²) in [5, 5.41) is 3.09. The number of carbonyl (C=O) groups is 2. The van der Waals surface area contributed by atoms with Gasteiger partial charge in [0.15, 0.2) is 0 Å². The number of carbonyl (C=O) groups excluding carboxylic acids is 2. The highest BCUT2D eigenvalue weighted by atomic mass is 16.2. The highest BCUT2D eigenvalue weighted by Gasteiger charge is 2.27. The molecular weight excluding hydrogens is 310 g/mol. The second kappa shape index (κ2) is 8.16. The fraction of sp³-hybridized carbons (Fsp3) is 0.636. The van der Waals surface area contributed by atoms with E-state index in [0.29, 0.717) is 24.5 Å². The van der Waals surface area contributed by atoms with Crippen molar-refractivity contribution in [2.24, 2.45) is 11.8 Å². The molecule has 0 saturated carbocycles. The summed E-state index contributed by atoms with van der Waals surface area (Å²) in [5.41, 5.74) is 1.61. The zero-order valence-electron chi connectivity index (χ0n) is 17.2. The molecule has 0 heterocycles. The monoisotopic (exact) mass is 345 g/mol. The number of hydrogen-bond donors (Lipinski definition) is 1. The van der Waals surface area contributed by atoms with Crippen LogP contribution in [0.25, 0.3) is 0 Å². The van der Waals surface area contributed by atoms with Crippen LogP contribution < -0.4 is 5.32 Å². The number of nitrogens with one attached hydrogen (secondary N) is 1. The van der Waals surface area contributed by atoms with E-state index in [1.807, 2.05) is 27.7 Å². The number of Topliss-reactive ketones (excluding diaryl/α,β-unsaturated/α-hetero) is 1. The van der Waals surface area contributed by atoms with Crippen molar-refractivity contribution in [3.8, 4) is 0 Å². The molecule has 0 spiro atoms. The Balaban J connectivity index is 2.90. The number of ketones is 1. The zero-order valence-corrected chi connectivity index (χ0v) is 17.2. The maximum Gasteiger partial charge on any atom is 0.223 e. The highest BCUT2D eigenvalue weighted by molar-refractivity contribution is 5.80. The van der Waals surface area contributed by atoms with Gasteiger partial charge in [-0.15, -0.1) is 0 Å². The molecule has 3 nitrogen and oxygen atoms in total. The molecule has 0 aliphatic rings. The summed E-state index contributed by atoms with van der Waals surface area (Å²) in [6.45, 7) is 16.2. The first-order valence-corrected chi connectivity index (χ1v) is 9.30. The van der Waals surface area contributed by atoms with Gasteiger partial charge < -0.3 is 5.32 Å². The molecule has 0 bridgehead atoms. The van der Waals surface area contributed by atoms with Crippen molar-refractivity contribution in [3.05, 3.63) is 35.4 Å². The van der Waals surface area contributed by atoms with Gasteiger partial charge in [0, 0.05) is 18.8 Å². The predicted octanol–water partition coefficient (Wildman–Crippen LogP) is 4.98. The summed E-state index contributed by atoms with van der Waals surface area (Å²) in [6.07, 6.45) is 1.19. The molecule has 140 valence electrons. The normalized spacial score (nSPS) is 12.6.